The van der Waals surface area contributed by atoms with E-state index >= 15 is 0 Å². The Morgan fingerprint density at radius 2 is 1.79 bits per heavy atom. The van der Waals surface area contributed by atoms with Crippen molar-refractivity contribution in [2.75, 3.05) is 11.4 Å². The number of rotatable bonds is 7. The highest BCUT2D eigenvalue weighted by Gasteiger charge is 2.32. The van der Waals surface area contributed by atoms with Gasteiger partial charge in [-0.3, -0.25) is 4.79 Å². The minimum absolute atomic E-state index is 0.100. The monoisotopic (exact) mass is 447 g/mol. The van der Waals surface area contributed by atoms with Gasteiger partial charge in [0.25, 0.3) is 0 Å². The Morgan fingerprint density at radius 3 is 2.59 bits per heavy atom. The summed E-state index contributed by atoms with van der Waals surface area (Å²) in [4.78, 5) is 19.3. The highest BCUT2D eigenvalue weighted by Crippen LogP contribution is 2.27. The number of nitriles is 1. The van der Waals surface area contributed by atoms with Crippen molar-refractivity contribution in [2.24, 2.45) is 0 Å². The Hall–Kier alpha value is -4.21. The fourth-order valence-electron chi connectivity index (χ4n) is 4.36. The van der Waals surface area contributed by atoms with Crippen LogP contribution >= 0.6 is 0 Å². The molecule has 0 aliphatic carbocycles. The zero-order chi connectivity index (χ0) is 23.3. The lowest BCUT2D eigenvalue weighted by Gasteiger charge is -2.18. The van der Waals surface area contributed by atoms with Gasteiger partial charge in [-0.05, 0) is 47.4 Å². The van der Waals surface area contributed by atoms with E-state index in [9.17, 15) is 4.79 Å². The molecule has 4 aromatic rings. The second-order valence-corrected chi connectivity index (χ2v) is 8.45. The first kappa shape index (κ1) is 21.6. The van der Waals surface area contributed by atoms with Crippen LogP contribution in [0.1, 0.15) is 23.2 Å². The fourth-order valence-corrected chi connectivity index (χ4v) is 4.36. The average Bonchev–Trinajstić information content (AvgIpc) is 3.49. The summed E-state index contributed by atoms with van der Waals surface area (Å²) >= 11 is 0. The summed E-state index contributed by atoms with van der Waals surface area (Å²) in [5.74, 6) is 0.100. The summed E-state index contributed by atoms with van der Waals surface area (Å²) in [6.45, 7) is 1.92. The molecule has 1 N–H and O–H groups in total. The molecule has 1 aliphatic heterocycles. The first-order chi connectivity index (χ1) is 16.7. The Bertz CT molecular complexity index is 1320. The lowest BCUT2D eigenvalue weighted by molar-refractivity contribution is -0.118. The number of anilines is 1. The second kappa shape index (κ2) is 9.74. The van der Waals surface area contributed by atoms with Crippen molar-refractivity contribution in [2.45, 2.75) is 25.6 Å². The molecule has 0 bridgehead atoms. The molecular weight excluding hydrogens is 422 g/mol. The molecule has 0 radical (unpaired) electrons. The summed E-state index contributed by atoms with van der Waals surface area (Å²) < 4.78 is 2.06. The number of nitrogens with zero attached hydrogens (tertiary/aromatic N) is 4. The Morgan fingerprint density at radius 1 is 1.00 bits per heavy atom. The fraction of sp³-hybridized carbons (Fsp3) is 0.179. The SMILES string of the molecule is N#Cc1ccc(Cn2cncc2CN[C@H]2CCN(c3cccc(-c4ccccc4)c3)C2=O)cc1. The van der Waals surface area contributed by atoms with Crippen molar-refractivity contribution >= 4 is 11.6 Å². The summed E-state index contributed by atoms with van der Waals surface area (Å²) in [6, 6.07) is 27.8. The first-order valence-electron chi connectivity index (χ1n) is 11.4. The van der Waals surface area contributed by atoms with Crippen LogP contribution in [0, 0.1) is 11.3 Å². The molecule has 6 nitrogen and oxygen atoms in total. The number of carbonyl (C=O) groups is 1. The third kappa shape index (κ3) is 4.61. The Balaban J connectivity index is 1.23. The number of hydrogen-bond acceptors (Lipinski definition) is 4. The topological polar surface area (TPSA) is 74.0 Å². The van der Waals surface area contributed by atoms with Crippen molar-refractivity contribution in [1.82, 2.24) is 14.9 Å². The zero-order valence-electron chi connectivity index (χ0n) is 18.8. The molecule has 0 spiro atoms. The number of benzene rings is 3. The molecule has 1 fully saturated rings. The van der Waals surface area contributed by atoms with Gasteiger partial charge in [0.15, 0.2) is 0 Å². The molecule has 1 saturated heterocycles. The van der Waals surface area contributed by atoms with E-state index < -0.39 is 0 Å². The first-order valence-corrected chi connectivity index (χ1v) is 11.4. The largest absolute Gasteiger partial charge is 0.329 e. The van der Waals surface area contributed by atoms with Crippen LogP contribution in [-0.4, -0.2) is 28.0 Å². The van der Waals surface area contributed by atoms with E-state index in [2.05, 4.69) is 45.2 Å². The predicted octanol–water partition coefficient (Wildman–Crippen LogP) is 4.37. The predicted molar refractivity (Wildman–Crippen MR) is 132 cm³/mol. The second-order valence-electron chi connectivity index (χ2n) is 8.45. The van der Waals surface area contributed by atoms with Crippen LogP contribution in [0.5, 0.6) is 0 Å². The van der Waals surface area contributed by atoms with Crippen molar-refractivity contribution in [3.8, 4) is 17.2 Å². The number of amides is 1. The summed E-state index contributed by atoms with van der Waals surface area (Å²) in [7, 11) is 0. The molecule has 2 heterocycles. The van der Waals surface area contributed by atoms with E-state index in [-0.39, 0.29) is 11.9 Å². The highest BCUT2D eigenvalue weighted by molar-refractivity contribution is 5.99. The lowest BCUT2D eigenvalue weighted by atomic mass is 10.1. The minimum Gasteiger partial charge on any atom is -0.329 e. The summed E-state index contributed by atoms with van der Waals surface area (Å²) in [5, 5.41) is 12.4. The van der Waals surface area contributed by atoms with Gasteiger partial charge in [0.1, 0.15) is 0 Å². The van der Waals surface area contributed by atoms with Gasteiger partial charge in [0.2, 0.25) is 5.91 Å². The maximum atomic E-state index is 13.2. The minimum atomic E-state index is -0.223. The molecule has 5 rings (SSSR count). The third-order valence-electron chi connectivity index (χ3n) is 6.23. The lowest BCUT2D eigenvalue weighted by Crippen LogP contribution is -2.38. The third-order valence-corrected chi connectivity index (χ3v) is 6.23. The van der Waals surface area contributed by atoms with Crippen molar-refractivity contribution in [3.63, 3.8) is 0 Å². The number of carbonyl (C=O) groups excluding carboxylic acids is 1. The van der Waals surface area contributed by atoms with Gasteiger partial charge in [-0.15, -0.1) is 0 Å². The van der Waals surface area contributed by atoms with Crippen LogP contribution in [-0.2, 0) is 17.9 Å². The standard InChI is InChI=1S/C28H25N5O/c29-16-21-9-11-22(12-10-21)19-32-20-30-17-26(32)18-31-27-13-14-33(28(27)34)25-8-4-7-24(15-25)23-5-2-1-3-6-23/h1-12,15,17,20,27,31H,13-14,18-19H2/t27-/m0/s1. The van der Waals surface area contributed by atoms with Crippen molar-refractivity contribution in [1.29, 1.82) is 5.26 Å². The summed E-state index contributed by atoms with van der Waals surface area (Å²) in [6.07, 6.45) is 4.39. The van der Waals surface area contributed by atoms with Crippen LogP contribution in [0.3, 0.4) is 0 Å². The van der Waals surface area contributed by atoms with Crippen LogP contribution in [0.4, 0.5) is 5.69 Å². The van der Waals surface area contributed by atoms with Crippen LogP contribution in [0.15, 0.2) is 91.4 Å². The molecule has 168 valence electrons. The van der Waals surface area contributed by atoms with Gasteiger partial charge in [0, 0.05) is 31.5 Å². The van der Waals surface area contributed by atoms with E-state index in [1.54, 1.807) is 6.33 Å². The molecular formula is C28H25N5O. The van der Waals surface area contributed by atoms with E-state index in [0.29, 0.717) is 25.2 Å². The van der Waals surface area contributed by atoms with Gasteiger partial charge >= 0.3 is 0 Å². The Kier molecular flexibility index (Phi) is 6.19. The quantitative estimate of drug-likeness (QED) is 0.457. The van der Waals surface area contributed by atoms with Crippen molar-refractivity contribution in [3.05, 3.63) is 108 Å². The van der Waals surface area contributed by atoms with E-state index in [0.717, 1.165) is 34.5 Å². The molecule has 0 saturated carbocycles. The molecule has 0 unspecified atom stereocenters. The van der Waals surface area contributed by atoms with E-state index in [4.69, 9.17) is 5.26 Å². The van der Waals surface area contributed by atoms with Gasteiger partial charge in [0.05, 0.1) is 29.7 Å². The molecule has 1 aromatic heterocycles. The number of imidazole rings is 1. The highest BCUT2D eigenvalue weighted by atomic mass is 16.2. The zero-order valence-corrected chi connectivity index (χ0v) is 18.8. The maximum absolute atomic E-state index is 13.2. The molecule has 3 aromatic carbocycles. The molecule has 6 heteroatoms. The number of hydrogen-bond donors (Lipinski definition) is 1. The summed E-state index contributed by atoms with van der Waals surface area (Å²) in [5.41, 5.74) is 5.94. The number of nitrogens with one attached hydrogen (secondary N) is 1. The molecule has 1 atom stereocenters. The molecule has 1 amide bonds. The van der Waals surface area contributed by atoms with E-state index in [1.807, 2.05) is 65.7 Å². The van der Waals surface area contributed by atoms with Crippen molar-refractivity contribution < 1.29 is 4.79 Å². The molecule has 1 aliphatic rings. The maximum Gasteiger partial charge on any atom is 0.244 e. The van der Waals surface area contributed by atoms with Gasteiger partial charge < -0.3 is 14.8 Å². The van der Waals surface area contributed by atoms with Gasteiger partial charge in [-0.1, -0.05) is 54.6 Å². The van der Waals surface area contributed by atoms with Gasteiger partial charge in [-0.2, -0.15) is 5.26 Å². The van der Waals surface area contributed by atoms with Crippen LogP contribution in [0.2, 0.25) is 0 Å². The normalized spacial score (nSPS) is 15.4. The van der Waals surface area contributed by atoms with Crippen LogP contribution in [0.25, 0.3) is 11.1 Å². The molecule has 34 heavy (non-hydrogen) atoms. The van der Waals surface area contributed by atoms with E-state index in [1.165, 1.54) is 0 Å². The smallest absolute Gasteiger partial charge is 0.244 e. The average molecular weight is 448 g/mol. The number of aromatic nitrogens is 2. The van der Waals surface area contributed by atoms with Crippen LogP contribution < -0.4 is 10.2 Å². The Labute approximate surface area is 199 Å². The van der Waals surface area contributed by atoms with Gasteiger partial charge in [-0.25, -0.2) is 4.98 Å².